The van der Waals surface area contributed by atoms with Gasteiger partial charge in [-0.15, -0.1) is 21.5 Å². The molecular weight excluding hydrogens is 258 g/mol. The van der Waals surface area contributed by atoms with Crippen LogP contribution in [-0.2, 0) is 15.6 Å². The van der Waals surface area contributed by atoms with Crippen molar-refractivity contribution in [2.75, 3.05) is 5.73 Å². The molecule has 2 N–H and O–H groups in total. The fourth-order valence-corrected chi connectivity index (χ4v) is 3.62. The predicted octanol–water partition coefficient (Wildman–Crippen LogP) is 1.40. The number of nitrogens with two attached hydrogens (primary N) is 1. The normalized spacial score (nSPS) is 11.6. The Morgan fingerprint density at radius 2 is 1.88 bits per heavy atom. The summed E-state index contributed by atoms with van der Waals surface area (Å²) >= 11 is 1.29. The van der Waals surface area contributed by atoms with Gasteiger partial charge in [0, 0.05) is 5.69 Å². The average molecular weight is 269 g/mol. The van der Waals surface area contributed by atoms with Crippen molar-refractivity contribution >= 4 is 26.9 Å². The van der Waals surface area contributed by atoms with Gasteiger partial charge in [-0.3, -0.25) is 0 Å². The summed E-state index contributed by atoms with van der Waals surface area (Å²) in [4.78, 5) is 0.250. The molecule has 0 atom stereocenters. The second kappa shape index (κ2) is 4.42. The fourth-order valence-electron chi connectivity index (χ4n) is 1.32. The van der Waals surface area contributed by atoms with Gasteiger partial charge >= 0.3 is 0 Å². The van der Waals surface area contributed by atoms with Crippen LogP contribution in [0.2, 0.25) is 0 Å². The van der Waals surface area contributed by atoms with Crippen LogP contribution in [0.4, 0.5) is 5.69 Å². The van der Waals surface area contributed by atoms with E-state index in [0.717, 1.165) is 5.01 Å². The van der Waals surface area contributed by atoms with Gasteiger partial charge in [-0.2, -0.15) is 0 Å². The van der Waals surface area contributed by atoms with Gasteiger partial charge in [-0.1, -0.05) is 0 Å². The molecule has 0 aliphatic heterocycles. The number of anilines is 1. The molecule has 17 heavy (non-hydrogen) atoms. The fraction of sp³-hybridized carbons (Fsp3) is 0.200. The zero-order valence-electron chi connectivity index (χ0n) is 9.12. The molecular formula is C10H11N3O2S2. The van der Waals surface area contributed by atoms with Gasteiger partial charge in [0.2, 0.25) is 0 Å². The van der Waals surface area contributed by atoms with Crippen molar-refractivity contribution in [1.82, 2.24) is 10.2 Å². The lowest BCUT2D eigenvalue weighted by Crippen LogP contribution is -2.04. The van der Waals surface area contributed by atoms with E-state index in [0.29, 0.717) is 10.7 Å². The highest BCUT2D eigenvalue weighted by Crippen LogP contribution is 2.19. The average Bonchev–Trinajstić information content (AvgIpc) is 2.63. The Balaban J connectivity index is 2.28. The first kappa shape index (κ1) is 12.0. The van der Waals surface area contributed by atoms with Gasteiger partial charge in [-0.05, 0) is 31.2 Å². The lowest BCUT2D eigenvalue weighted by atomic mass is 10.3. The lowest BCUT2D eigenvalue weighted by Gasteiger charge is -2.02. The van der Waals surface area contributed by atoms with Crippen molar-refractivity contribution in [2.45, 2.75) is 17.6 Å². The van der Waals surface area contributed by atoms with E-state index >= 15 is 0 Å². The molecule has 0 saturated heterocycles. The SMILES string of the molecule is Cc1nnc(CS(=O)(=O)c2ccc(N)cc2)s1. The van der Waals surface area contributed by atoms with Gasteiger partial charge in [0.1, 0.15) is 15.8 Å². The van der Waals surface area contributed by atoms with Crippen LogP contribution in [0.5, 0.6) is 0 Å². The molecule has 0 unspecified atom stereocenters. The van der Waals surface area contributed by atoms with Gasteiger partial charge in [0.05, 0.1) is 4.90 Å². The van der Waals surface area contributed by atoms with Crippen LogP contribution in [0.1, 0.15) is 10.0 Å². The third kappa shape index (κ3) is 2.80. The molecule has 0 aliphatic carbocycles. The van der Waals surface area contributed by atoms with E-state index in [4.69, 9.17) is 5.73 Å². The largest absolute Gasteiger partial charge is 0.399 e. The molecule has 2 rings (SSSR count). The molecule has 90 valence electrons. The molecule has 0 spiro atoms. The maximum absolute atomic E-state index is 12.0. The smallest absolute Gasteiger partial charge is 0.184 e. The van der Waals surface area contributed by atoms with E-state index in [1.54, 1.807) is 19.1 Å². The van der Waals surface area contributed by atoms with Crippen molar-refractivity contribution in [1.29, 1.82) is 0 Å². The Hall–Kier alpha value is -1.47. The van der Waals surface area contributed by atoms with Crippen LogP contribution in [0, 0.1) is 6.92 Å². The minimum absolute atomic E-state index is 0.123. The monoisotopic (exact) mass is 269 g/mol. The molecule has 0 saturated carbocycles. The number of hydrogen-bond donors (Lipinski definition) is 1. The second-order valence-electron chi connectivity index (χ2n) is 3.54. The van der Waals surface area contributed by atoms with E-state index in [-0.39, 0.29) is 10.6 Å². The lowest BCUT2D eigenvalue weighted by molar-refractivity contribution is 0.595. The summed E-state index contributed by atoms with van der Waals surface area (Å²) in [5.74, 6) is -0.123. The summed E-state index contributed by atoms with van der Waals surface area (Å²) in [5.41, 5.74) is 6.05. The number of nitrogen functional groups attached to an aromatic ring is 1. The number of sulfone groups is 1. The van der Waals surface area contributed by atoms with Gasteiger partial charge in [0.25, 0.3) is 0 Å². The Morgan fingerprint density at radius 3 is 2.41 bits per heavy atom. The van der Waals surface area contributed by atoms with Gasteiger partial charge < -0.3 is 5.73 Å². The van der Waals surface area contributed by atoms with Crippen molar-refractivity contribution in [2.24, 2.45) is 0 Å². The van der Waals surface area contributed by atoms with Crippen molar-refractivity contribution < 1.29 is 8.42 Å². The van der Waals surface area contributed by atoms with Crippen LogP contribution in [0.15, 0.2) is 29.2 Å². The molecule has 5 nitrogen and oxygen atoms in total. The highest BCUT2D eigenvalue weighted by molar-refractivity contribution is 7.90. The number of aromatic nitrogens is 2. The van der Waals surface area contributed by atoms with E-state index in [2.05, 4.69) is 10.2 Å². The van der Waals surface area contributed by atoms with Gasteiger partial charge in [-0.25, -0.2) is 8.42 Å². The molecule has 2 aromatic rings. The maximum Gasteiger partial charge on any atom is 0.184 e. The summed E-state index contributed by atoms with van der Waals surface area (Å²) in [5, 5.41) is 8.86. The van der Waals surface area contributed by atoms with Crippen molar-refractivity contribution in [3.63, 3.8) is 0 Å². The second-order valence-corrected chi connectivity index (χ2v) is 6.80. The summed E-state index contributed by atoms with van der Waals surface area (Å²) < 4.78 is 24.0. The first-order chi connectivity index (χ1) is 7.97. The summed E-state index contributed by atoms with van der Waals surface area (Å²) in [7, 11) is -3.36. The molecule has 0 aliphatic rings. The molecule has 0 radical (unpaired) electrons. The molecule has 0 fully saturated rings. The van der Waals surface area contributed by atoms with Crippen LogP contribution in [-0.4, -0.2) is 18.6 Å². The Labute approximate surface area is 103 Å². The first-order valence-corrected chi connectivity index (χ1v) is 7.31. The van der Waals surface area contributed by atoms with E-state index in [1.165, 1.54) is 23.5 Å². The zero-order valence-corrected chi connectivity index (χ0v) is 10.8. The third-order valence-electron chi connectivity index (χ3n) is 2.12. The summed E-state index contributed by atoms with van der Waals surface area (Å²) in [6, 6.07) is 6.13. The van der Waals surface area contributed by atoms with Crippen molar-refractivity contribution in [3.8, 4) is 0 Å². The highest BCUT2D eigenvalue weighted by atomic mass is 32.2. The van der Waals surface area contributed by atoms with Crippen LogP contribution in [0.3, 0.4) is 0 Å². The predicted molar refractivity (Wildman–Crippen MR) is 66.4 cm³/mol. The Bertz CT molecular complexity index is 617. The molecule has 1 aromatic heterocycles. The van der Waals surface area contributed by atoms with Crippen LogP contribution >= 0.6 is 11.3 Å². The number of benzene rings is 1. The quantitative estimate of drug-likeness (QED) is 0.851. The number of aryl methyl sites for hydroxylation is 1. The minimum atomic E-state index is -3.36. The topological polar surface area (TPSA) is 85.9 Å². The molecule has 1 aromatic carbocycles. The Morgan fingerprint density at radius 1 is 1.24 bits per heavy atom. The van der Waals surface area contributed by atoms with E-state index < -0.39 is 9.84 Å². The number of hydrogen-bond acceptors (Lipinski definition) is 6. The standard InChI is InChI=1S/C10H11N3O2S2/c1-7-12-13-10(16-7)6-17(14,15)9-4-2-8(11)3-5-9/h2-5H,6,11H2,1H3. The molecule has 0 amide bonds. The summed E-state index contributed by atoms with van der Waals surface area (Å²) in [6.07, 6.45) is 0. The number of nitrogens with zero attached hydrogens (tertiary/aromatic N) is 2. The van der Waals surface area contributed by atoms with Crippen LogP contribution in [0.25, 0.3) is 0 Å². The van der Waals surface area contributed by atoms with E-state index in [9.17, 15) is 8.42 Å². The zero-order chi connectivity index (χ0) is 12.5. The highest BCUT2D eigenvalue weighted by Gasteiger charge is 2.17. The molecule has 0 bridgehead atoms. The maximum atomic E-state index is 12.0. The third-order valence-corrected chi connectivity index (χ3v) is 4.79. The van der Waals surface area contributed by atoms with E-state index in [1.807, 2.05) is 0 Å². The van der Waals surface area contributed by atoms with Gasteiger partial charge in [0.15, 0.2) is 9.84 Å². The Kier molecular flexibility index (Phi) is 3.12. The first-order valence-electron chi connectivity index (χ1n) is 4.85. The molecule has 7 heteroatoms. The summed E-state index contributed by atoms with van der Waals surface area (Å²) in [6.45, 7) is 1.79. The van der Waals surface area contributed by atoms with Crippen LogP contribution < -0.4 is 5.73 Å². The minimum Gasteiger partial charge on any atom is -0.399 e. The molecule has 1 heterocycles. The van der Waals surface area contributed by atoms with Crippen molar-refractivity contribution in [3.05, 3.63) is 34.3 Å². The number of rotatable bonds is 3.